The molecule has 5 heteroatoms. The van der Waals surface area contributed by atoms with E-state index in [0.717, 1.165) is 6.07 Å². The van der Waals surface area contributed by atoms with E-state index in [2.05, 4.69) is 0 Å². The van der Waals surface area contributed by atoms with Gasteiger partial charge in [0.15, 0.2) is 0 Å². The van der Waals surface area contributed by atoms with Crippen molar-refractivity contribution in [3.05, 3.63) is 34.3 Å². The van der Waals surface area contributed by atoms with Crippen molar-refractivity contribution in [3.8, 4) is 0 Å². The average molecular weight is 247 g/mol. The summed E-state index contributed by atoms with van der Waals surface area (Å²) < 4.78 is 24.7. The molecule has 1 aromatic rings. The van der Waals surface area contributed by atoms with Crippen LogP contribution in [-0.2, 0) is 10.2 Å². The van der Waals surface area contributed by atoms with Gasteiger partial charge in [-0.2, -0.15) is 0 Å². The van der Waals surface area contributed by atoms with Gasteiger partial charge >= 0.3 is 5.97 Å². The minimum Gasteiger partial charge on any atom is -0.481 e. The molecule has 0 unspecified atom stereocenters. The summed E-state index contributed by atoms with van der Waals surface area (Å²) in [5, 5.41) is 9.16. The summed E-state index contributed by atoms with van der Waals surface area (Å²) in [6, 6.07) is 3.77. The van der Waals surface area contributed by atoms with E-state index in [1.165, 1.54) is 12.1 Å². The molecule has 1 saturated carbocycles. The van der Waals surface area contributed by atoms with Gasteiger partial charge in [-0.05, 0) is 24.5 Å². The lowest BCUT2D eigenvalue weighted by Crippen LogP contribution is -2.19. The molecule has 1 N–H and O–H groups in total. The minimum absolute atomic E-state index is 0.109. The number of alkyl halides is 2. The van der Waals surface area contributed by atoms with Gasteiger partial charge in [-0.3, -0.25) is 4.79 Å². The number of aliphatic carboxylic acids is 1. The largest absolute Gasteiger partial charge is 0.481 e. The van der Waals surface area contributed by atoms with Crippen molar-refractivity contribution in [2.75, 3.05) is 0 Å². The van der Waals surface area contributed by atoms with Crippen LogP contribution in [0.5, 0.6) is 0 Å². The third-order valence-electron chi connectivity index (χ3n) is 2.92. The lowest BCUT2D eigenvalue weighted by Gasteiger charge is -2.13. The van der Waals surface area contributed by atoms with Crippen LogP contribution >= 0.6 is 11.6 Å². The third-order valence-corrected chi connectivity index (χ3v) is 3.23. The van der Waals surface area contributed by atoms with Crippen molar-refractivity contribution in [1.29, 1.82) is 0 Å². The predicted octanol–water partition coefficient (Wildman–Crippen LogP) is 3.39. The Kier molecular flexibility index (Phi) is 2.62. The highest BCUT2D eigenvalue weighted by Crippen LogP contribution is 2.51. The van der Waals surface area contributed by atoms with Gasteiger partial charge in [-0.15, -0.1) is 0 Å². The quantitative estimate of drug-likeness (QED) is 0.888. The first-order chi connectivity index (χ1) is 7.47. The van der Waals surface area contributed by atoms with Gasteiger partial charge in [0.25, 0.3) is 6.43 Å². The fourth-order valence-electron chi connectivity index (χ4n) is 1.78. The molecule has 0 amide bonds. The molecule has 0 aliphatic heterocycles. The van der Waals surface area contributed by atoms with Crippen molar-refractivity contribution in [3.63, 3.8) is 0 Å². The molecule has 0 radical (unpaired) electrons. The molecular weight excluding hydrogens is 238 g/mol. The van der Waals surface area contributed by atoms with Crippen molar-refractivity contribution < 1.29 is 18.7 Å². The summed E-state index contributed by atoms with van der Waals surface area (Å²) in [5.41, 5.74) is -0.696. The van der Waals surface area contributed by atoms with Crippen LogP contribution in [0.1, 0.15) is 30.4 Å². The lowest BCUT2D eigenvalue weighted by atomic mass is 9.95. The van der Waals surface area contributed by atoms with Gasteiger partial charge < -0.3 is 5.11 Å². The number of carboxylic acid groups (broad SMARTS) is 1. The molecule has 0 saturated heterocycles. The highest BCUT2D eigenvalue weighted by atomic mass is 35.5. The number of halogens is 3. The zero-order valence-electron chi connectivity index (χ0n) is 8.21. The summed E-state index contributed by atoms with van der Waals surface area (Å²) in [5.74, 6) is -0.945. The van der Waals surface area contributed by atoms with Crippen LogP contribution in [0.4, 0.5) is 8.78 Å². The molecule has 0 bridgehead atoms. The Bertz CT molecular complexity index is 442. The predicted molar refractivity (Wildman–Crippen MR) is 55.0 cm³/mol. The molecule has 0 aromatic heterocycles. The van der Waals surface area contributed by atoms with E-state index in [-0.39, 0.29) is 10.6 Å². The molecule has 86 valence electrons. The van der Waals surface area contributed by atoms with E-state index >= 15 is 0 Å². The van der Waals surface area contributed by atoms with Crippen molar-refractivity contribution in [1.82, 2.24) is 0 Å². The van der Waals surface area contributed by atoms with E-state index in [1.807, 2.05) is 0 Å². The van der Waals surface area contributed by atoms with Gasteiger partial charge in [0.05, 0.1) is 5.41 Å². The normalized spacial score (nSPS) is 17.5. The molecule has 1 aliphatic rings. The second-order valence-corrected chi connectivity index (χ2v) is 4.33. The standard InChI is InChI=1S/C11H9ClF2O2/c12-8-5-6(9(13)14)1-2-7(8)11(3-4-11)10(15)16/h1-2,5,9H,3-4H2,(H,15,16). The fraction of sp³-hybridized carbons (Fsp3) is 0.364. The number of hydrogen-bond donors (Lipinski definition) is 1. The number of carboxylic acids is 1. The Morgan fingerprint density at radius 2 is 2.06 bits per heavy atom. The SMILES string of the molecule is O=C(O)C1(c2ccc(C(F)F)cc2Cl)CC1. The summed E-state index contributed by atoms with van der Waals surface area (Å²) in [7, 11) is 0. The van der Waals surface area contributed by atoms with Crippen LogP contribution in [0.25, 0.3) is 0 Å². The van der Waals surface area contributed by atoms with Crippen LogP contribution in [0, 0.1) is 0 Å². The van der Waals surface area contributed by atoms with Gasteiger partial charge in [0, 0.05) is 10.6 Å². The van der Waals surface area contributed by atoms with E-state index < -0.39 is 17.8 Å². The highest BCUT2D eigenvalue weighted by Gasteiger charge is 2.52. The van der Waals surface area contributed by atoms with Crippen molar-refractivity contribution in [2.45, 2.75) is 24.7 Å². The van der Waals surface area contributed by atoms with Crippen LogP contribution in [0.2, 0.25) is 5.02 Å². The Hall–Kier alpha value is -1.16. The zero-order chi connectivity index (χ0) is 11.9. The second kappa shape index (κ2) is 3.70. The van der Waals surface area contributed by atoms with Crippen molar-refractivity contribution >= 4 is 17.6 Å². The van der Waals surface area contributed by atoms with Gasteiger partial charge in [-0.1, -0.05) is 23.7 Å². The summed E-state index contributed by atoms with van der Waals surface area (Å²) in [6.45, 7) is 0. The average Bonchev–Trinajstić information content (AvgIpc) is 2.98. The molecule has 2 nitrogen and oxygen atoms in total. The monoisotopic (exact) mass is 246 g/mol. The highest BCUT2D eigenvalue weighted by molar-refractivity contribution is 6.32. The minimum atomic E-state index is -2.59. The zero-order valence-corrected chi connectivity index (χ0v) is 8.97. The van der Waals surface area contributed by atoms with E-state index in [1.54, 1.807) is 0 Å². The number of carbonyl (C=O) groups is 1. The first-order valence-corrected chi connectivity index (χ1v) is 5.16. The number of benzene rings is 1. The molecule has 0 atom stereocenters. The molecule has 0 heterocycles. The summed E-state index contributed by atoms with van der Waals surface area (Å²) >= 11 is 5.85. The summed E-state index contributed by atoms with van der Waals surface area (Å²) in [6.07, 6.45) is -1.57. The van der Waals surface area contributed by atoms with E-state index in [0.29, 0.717) is 18.4 Å². The Morgan fingerprint density at radius 3 is 2.44 bits per heavy atom. The van der Waals surface area contributed by atoms with Crippen LogP contribution in [0.15, 0.2) is 18.2 Å². The Labute approximate surface area is 95.8 Å². The fourth-order valence-corrected chi connectivity index (χ4v) is 2.15. The molecule has 2 rings (SSSR count). The molecule has 1 aliphatic carbocycles. The van der Waals surface area contributed by atoms with Crippen LogP contribution < -0.4 is 0 Å². The molecule has 1 fully saturated rings. The lowest BCUT2D eigenvalue weighted by molar-refractivity contribution is -0.140. The summed E-state index contributed by atoms with van der Waals surface area (Å²) in [4.78, 5) is 11.0. The Balaban J connectivity index is 2.41. The molecule has 16 heavy (non-hydrogen) atoms. The molecule has 1 aromatic carbocycles. The van der Waals surface area contributed by atoms with E-state index in [9.17, 15) is 13.6 Å². The second-order valence-electron chi connectivity index (χ2n) is 3.93. The number of hydrogen-bond acceptors (Lipinski definition) is 1. The van der Waals surface area contributed by atoms with Crippen LogP contribution in [-0.4, -0.2) is 11.1 Å². The first kappa shape index (κ1) is 11.3. The smallest absolute Gasteiger partial charge is 0.314 e. The van der Waals surface area contributed by atoms with Gasteiger partial charge in [-0.25, -0.2) is 8.78 Å². The molecule has 0 spiro atoms. The van der Waals surface area contributed by atoms with Crippen molar-refractivity contribution in [2.24, 2.45) is 0 Å². The number of rotatable bonds is 3. The molecular formula is C11H9ClF2O2. The first-order valence-electron chi connectivity index (χ1n) is 4.79. The Morgan fingerprint density at radius 1 is 1.44 bits per heavy atom. The maximum Gasteiger partial charge on any atom is 0.314 e. The van der Waals surface area contributed by atoms with Gasteiger partial charge in [0.2, 0.25) is 0 Å². The van der Waals surface area contributed by atoms with E-state index in [4.69, 9.17) is 16.7 Å². The van der Waals surface area contributed by atoms with Gasteiger partial charge in [0.1, 0.15) is 0 Å². The maximum absolute atomic E-state index is 12.4. The topological polar surface area (TPSA) is 37.3 Å². The van der Waals surface area contributed by atoms with Crippen LogP contribution in [0.3, 0.4) is 0 Å². The maximum atomic E-state index is 12.4. The third kappa shape index (κ3) is 1.67.